The molecule has 0 nitrogen and oxygen atoms in total. The lowest BCUT2D eigenvalue weighted by Crippen LogP contribution is -2.04. The molecule has 2 atom stereocenters. The molecule has 0 aromatic carbocycles. The van der Waals surface area contributed by atoms with Crippen LogP contribution in [0.25, 0.3) is 0 Å². The summed E-state index contributed by atoms with van der Waals surface area (Å²) in [4.78, 5) is 0. The van der Waals surface area contributed by atoms with E-state index in [0.717, 1.165) is 82.3 Å². The van der Waals surface area contributed by atoms with Crippen LogP contribution in [0.1, 0.15) is 538 Å². The Hall–Kier alpha value is 0. The van der Waals surface area contributed by atoms with Gasteiger partial charge in [-0.15, -0.1) is 0 Å². The molecule has 5 fully saturated rings. The maximum atomic E-state index is 2.31. The van der Waals surface area contributed by atoms with Crippen LogP contribution in [0.5, 0.6) is 0 Å². The lowest BCUT2D eigenvalue weighted by molar-refractivity contribution is 0.346. The van der Waals surface area contributed by atoms with E-state index < -0.39 is 0 Å². The molecule has 0 heterocycles. The van der Waals surface area contributed by atoms with Crippen LogP contribution >= 0.6 is 0 Å². The molecule has 0 bridgehead atoms. The van der Waals surface area contributed by atoms with E-state index in [9.17, 15) is 0 Å². The van der Waals surface area contributed by atoms with E-state index in [1.165, 1.54) is 199 Å². The summed E-state index contributed by atoms with van der Waals surface area (Å²) in [6.45, 7) is 108. The van der Waals surface area contributed by atoms with Gasteiger partial charge in [0.05, 0.1) is 0 Å². The van der Waals surface area contributed by atoms with E-state index >= 15 is 0 Å². The third-order valence-electron chi connectivity index (χ3n) is 15.9. The van der Waals surface area contributed by atoms with Crippen LogP contribution in [-0.4, -0.2) is 0 Å². The molecule has 606 valence electrons. The van der Waals surface area contributed by atoms with Crippen molar-refractivity contribution in [2.45, 2.75) is 538 Å². The van der Waals surface area contributed by atoms with Crippen molar-refractivity contribution in [3.05, 3.63) is 0 Å². The number of rotatable bonds is 17. The predicted octanol–water partition coefficient (Wildman–Crippen LogP) is 38.8. The smallest absolute Gasteiger partial charge is 0.0354 e. The summed E-state index contributed by atoms with van der Waals surface area (Å²) >= 11 is 0. The molecule has 0 amide bonds. The summed E-state index contributed by atoms with van der Waals surface area (Å²) in [5, 5.41) is 0. The third-order valence-corrected chi connectivity index (χ3v) is 15.9. The van der Waals surface area contributed by atoms with Crippen molar-refractivity contribution >= 4 is 0 Å². The van der Waals surface area contributed by atoms with Gasteiger partial charge in [0, 0.05) is 0 Å². The van der Waals surface area contributed by atoms with E-state index in [0.29, 0.717) is 10.8 Å². The highest BCUT2D eigenvalue weighted by atomic mass is 14.4. The highest BCUT2D eigenvalue weighted by Gasteiger charge is 2.30. The fourth-order valence-corrected chi connectivity index (χ4v) is 4.39. The molecule has 0 heteroatoms. The third kappa shape index (κ3) is 289. The van der Waals surface area contributed by atoms with Gasteiger partial charge in [-0.25, -0.2) is 0 Å². The normalized spacial score (nSPS) is 14.8. The summed E-state index contributed by atoms with van der Waals surface area (Å²) in [5.74, 6) is 12.4. The minimum atomic E-state index is 0.500. The second kappa shape index (κ2) is 108. The van der Waals surface area contributed by atoms with E-state index in [1.807, 2.05) is 27.7 Å². The Kier molecular flexibility index (Phi) is 149. The molecule has 0 saturated heterocycles. The lowest BCUT2D eigenvalue weighted by Gasteiger charge is -2.18. The predicted molar refractivity (Wildman–Crippen MR) is 474 cm³/mol. The molecule has 0 radical (unpaired) electrons. The molecule has 0 spiro atoms. The molecule has 1 unspecified atom stereocenters. The molecular weight excluding hydrogens is 1150 g/mol. The molecule has 5 rings (SSSR count). The second-order valence-electron chi connectivity index (χ2n) is 35.6. The van der Waals surface area contributed by atoms with E-state index in [-0.39, 0.29) is 0 Å². The number of unbranched alkanes of at least 4 members (excludes halogenated alkanes) is 7. The molecule has 0 aromatic heterocycles. The van der Waals surface area contributed by atoms with Gasteiger partial charge in [-0.1, -0.05) is 519 Å². The summed E-state index contributed by atoms with van der Waals surface area (Å²) < 4.78 is 0. The lowest BCUT2D eigenvalue weighted by atomic mass is 9.88. The average Bonchev–Trinajstić information content (AvgIpc) is 1.85. The van der Waals surface area contributed by atoms with Gasteiger partial charge in [-0.05, 0) is 112 Å². The minimum Gasteiger partial charge on any atom is -0.0683 e. The van der Waals surface area contributed by atoms with Crippen molar-refractivity contribution in [3.63, 3.8) is 0 Å². The van der Waals surface area contributed by atoms with Crippen LogP contribution < -0.4 is 0 Å². The molecule has 0 N–H and O–H groups in total. The van der Waals surface area contributed by atoms with Gasteiger partial charge in [0.15, 0.2) is 0 Å². The zero-order valence-corrected chi connectivity index (χ0v) is 79.9. The van der Waals surface area contributed by atoms with Crippen LogP contribution in [0, 0.1) is 93.2 Å². The first-order valence-corrected chi connectivity index (χ1v) is 44.2. The molecule has 5 aliphatic rings. The summed E-state index contributed by atoms with van der Waals surface area (Å²) in [5.41, 5.74) is 1.79. The van der Waals surface area contributed by atoms with Crippen molar-refractivity contribution in [2.24, 2.45) is 93.2 Å². The van der Waals surface area contributed by atoms with E-state index in [4.69, 9.17) is 0 Å². The van der Waals surface area contributed by atoms with E-state index in [2.05, 4.69) is 312 Å². The first-order chi connectivity index (χ1) is 44.2. The Labute approximate surface area is 627 Å². The van der Waals surface area contributed by atoms with Crippen LogP contribution in [0.15, 0.2) is 0 Å². The van der Waals surface area contributed by atoms with Crippen molar-refractivity contribution in [3.8, 4) is 0 Å². The first-order valence-electron chi connectivity index (χ1n) is 44.2. The Balaban J connectivity index is -0.0000000556. The zero-order chi connectivity index (χ0) is 79.9. The standard InChI is InChI=1S/C7H16.5C6H14.4C5H10.4C5H12.C4H8.2C4H10.C3H8.2C2H6/c1-4-5-6-7(2)3;1-5-6(2,3)4;1-5(2)6(3)4;1-4-5-6(2)3;1-4-6(3)5-2;1-3-5-6-4-2;1-5(2)3-4-5;1-4-3-5(4)2;1-5-3-2-4-5;1-2-5-3-4-5;1-5(2,3)4;2*1-4-5(2)3;1-3-5-4-2;1-4-2-3-4;1-4(2)3;1-3-4-2;1-3-2;2*1-2/h7H,4-6H2,1-3H3;5H2,1-4H3;5-6H,1-4H3;2*6H,4-5H2,1-3H3;3-6H2,1-2H3;3-4H2,1-2H3;4-5H,3H2,1-2H3;2*5H,2-4H2,1H3;1-4H3;2*5H,4H2,1-3H3;3-5H2,1-2H3;4H,2-3H2,1H3;4H,1-3H3;3-4H2,1-2H3;3H2,1-2H3;2*1-2H3/t;;;;;;;4-,5?;;;;;;;;;;;;/m.......1............/s1. The van der Waals surface area contributed by atoms with Gasteiger partial charge in [-0.3, -0.25) is 0 Å². The molecule has 0 aromatic rings. The quantitative estimate of drug-likeness (QED) is 0.127. The Bertz CT molecular complexity index is 1020. The molecule has 96 heavy (non-hydrogen) atoms. The monoisotopic (exact) mass is 1380 g/mol. The van der Waals surface area contributed by atoms with E-state index in [1.54, 1.807) is 0 Å². The fraction of sp³-hybridized carbons (Fsp3) is 1.00. The van der Waals surface area contributed by atoms with Crippen LogP contribution in [0.2, 0.25) is 0 Å². The topological polar surface area (TPSA) is 0 Å². The van der Waals surface area contributed by atoms with Crippen molar-refractivity contribution in [1.29, 1.82) is 0 Å². The molecule has 5 saturated carbocycles. The highest BCUT2D eigenvalue weighted by molar-refractivity contribution is 4.82. The van der Waals surface area contributed by atoms with Gasteiger partial charge in [-0.2, -0.15) is 0 Å². The van der Waals surface area contributed by atoms with Crippen LogP contribution in [0.3, 0.4) is 0 Å². The maximum absolute atomic E-state index is 2.31. The van der Waals surface area contributed by atoms with Gasteiger partial charge >= 0.3 is 0 Å². The van der Waals surface area contributed by atoms with Crippen molar-refractivity contribution in [2.75, 3.05) is 0 Å². The fourth-order valence-electron chi connectivity index (χ4n) is 4.39. The Morgan fingerprint density at radius 2 is 0.583 bits per heavy atom. The average molecular weight is 1380 g/mol. The number of hydrogen-bond donors (Lipinski definition) is 0. The van der Waals surface area contributed by atoms with Crippen molar-refractivity contribution < 1.29 is 0 Å². The molecule has 0 aliphatic heterocycles. The zero-order valence-electron chi connectivity index (χ0n) is 79.9. The largest absolute Gasteiger partial charge is 0.0683 e. The molecule has 5 aliphatic carbocycles. The minimum absolute atomic E-state index is 0.500. The van der Waals surface area contributed by atoms with Gasteiger partial charge in [0.1, 0.15) is 0 Å². The Morgan fingerprint density at radius 3 is 0.604 bits per heavy atom. The SMILES string of the molecule is CC.CC.CC(C)(C)C.CC(C)C.CC(C)C(C)C.CC1(C)CC1.CC1CC1.CC1CCC1.CC1C[C@H]1C.CCC.CCC(C)(C)C.CCC(C)C.CCC(C)C.CCC(C)CC.CCC1CC1.CCCC.CCCC(C)C.CCCCC.CCCCC(C)C.CCCCCC. The van der Waals surface area contributed by atoms with Gasteiger partial charge < -0.3 is 0 Å². The maximum Gasteiger partial charge on any atom is -0.0354 e. The Morgan fingerprint density at radius 1 is 0.354 bits per heavy atom. The van der Waals surface area contributed by atoms with Gasteiger partial charge in [0.2, 0.25) is 0 Å². The van der Waals surface area contributed by atoms with Crippen LogP contribution in [0.4, 0.5) is 0 Å². The first kappa shape index (κ1) is 132. The summed E-state index contributed by atoms with van der Waals surface area (Å²) in [7, 11) is 0. The second-order valence-corrected chi connectivity index (χ2v) is 35.6. The highest BCUT2D eigenvalue weighted by Crippen LogP contribution is 2.43. The summed E-state index contributed by atoms with van der Waals surface area (Å²) in [6.07, 6.45) is 43.1. The van der Waals surface area contributed by atoms with Gasteiger partial charge in [0.25, 0.3) is 0 Å². The van der Waals surface area contributed by atoms with Crippen LogP contribution in [-0.2, 0) is 0 Å². The molecular formula is C96H222. The number of hydrogen-bond acceptors (Lipinski definition) is 0. The van der Waals surface area contributed by atoms with Crippen molar-refractivity contribution in [1.82, 2.24) is 0 Å². The summed E-state index contributed by atoms with van der Waals surface area (Å²) in [6, 6.07) is 0.